The molecule has 0 heterocycles. The Balaban J connectivity index is 2.67. The second kappa shape index (κ2) is 7.17. The van der Waals surface area contributed by atoms with E-state index in [1.807, 2.05) is 6.92 Å². The largest absolute Gasteiger partial charge is 0.504 e. The number of nitrogens with zero attached hydrogens (tertiary/aromatic N) is 2. The third kappa shape index (κ3) is 4.15. The molecule has 101 valence electrons. The van der Waals surface area contributed by atoms with E-state index in [0.717, 1.165) is 5.56 Å². The highest BCUT2D eigenvalue weighted by Crippen LogP contribution is 2.28. The van der Waals surface area contributed by atoms with E-state index in [-0.39, 0.29) is 30.8 Å². The van der Waals surface area contributed by atoms with Gasteiger partial charge in [-0.1, -0.05) is 6.07 Å². The standard InChI is InChI=1S/C12H19N2O4/c1-9(13-14(4-6-15)5-7-16)10-2-3-11(17)12(18)8-10/h2-3,8-9,15-18H,4-7H2,1H3. The fourth-order valence-corrected chi connectivity index (χ4v) is 1.57. The van der Waals surface area contributed by atoms with Crippen molar-refractivity contribution in [1.82, 2.24) is 10.4 Å². The summed E-state index contributed by atoms with van der Waals surface area (Å²) in [5.74, 6) is -0.362. The Morgan fingerprint density at radius 1 is 1.11 bits per heavy atom. The van der Waals surface area contributed by atoms with Crippen molar-refractivity contribution in [2.75, 3.05) is 26.3 Å². The average molecular weight is 255 g/mol. The van der Waals surface area contributed by atoms with Crippen molar-refractivity contribution >= 4 is 0 Å². The number of hydrogen-bond donors (Lipinski definition) is 4. The summed E-state index contributed by atoms with van der Waals surface area (Å²) in [5, 5.41) is 37.9. The van der Waals surface area contributed by atoms with E-state index in [0.29, 0.717) is 13.1 Å². The lowest BCUT2D eigenvalue weighted by atomic mass is 10.1. The van der Waals surface area contributed by atoms with Gasteiger partial charge in [-0.05, 0) is 24.6 Å². The molecule has 0 spiro atoms. The van der Waals surface area contributed by atoms with Crippen molar-refractivity contribution < 1.29 is 20.4 Å². The fourth-order valence-electron chi connectivity index (χ4n) is 1.57. The lowest BCUT2D eigenvalue weighted by Gasteiger charge is -2.23. The smallest absolute Gasteiger partial charge is 0.157 e. The topological polar surface area (TPSA) is 98.3 Å². The van der Waals surface area contributed by atoms with Gasteiger partial charge in [0.25, 0.3) is 0 Å². The van der Waals surface area contributed by atoms with Gasteiger partial charge in [-0.25, -0.2) is 5.01 Å². The Labute approximate surface area is 106 Å². The Morgan fingerprint density at radius 3 is 2.22 bits per heavy atom. The number of phenolic OH excluding ortho intramolecular Hbond substituents is 2. The van der Waals surface area contributed by atoms with Crippen LogP contribution in [0.3, 0.4) is 0 Å². The molecule has 0 aliphatic carbocycles. The van der Waals surface area contributed by atoms with Crippen LogP contribution in [0.5, 0.6) is 11.5 Å². The van der Waals surface area contributed by atoms with Gasteiger partial charge >= 0.3 is 0 Å². The minimum atomic E-state index is -0.241. The van der Waals surface area contributed by atoms with Gasteiger partial charge in [-0.15, -0.1) is 0 Å². The highest BCUT2D eigenvalue weighted by molar-refractivity contribution is 5.41. The minimum absolute atomic E-state index is 0.0446. The number of aromatic hydroxyl groups is 2. The number of aliphatic hydroxyl groups excluding tert-OH is 2. The van der Waals surface area contributed by atoms with E-state index >= 15 is 0 Å². The van der Waals surface area contributed by atoms with Gasteiger partial charge in [0.1, 0.15) is 0 Å². The maximum absolute atomic E-state index is 9.40. The SMILES string of the molecule is CC([N]N(CCO)CCO)c1ccc(O)c(O)c1. The number of aliphatic hydroxyl groups is 2. The minimum Gasteiger partial charge on any atom is -0.504 e. The normalized spacial score (nSPS) is 12.9. The van der Waals surface area contributed by atoms with Gasteiger partial charge in [-0.2, -0.15) is 5.43 Å². The molecule has 1 rings (SSSR count). The summed E-state index contributed by atoms with van der Waals surface area (Å²) in [6.07, 6.45) is 0. The van der Waals surface area contributed by atoms with Crippen molar-refractivity contribution in [2.24, 2.45) is 0 Å². The van der Waals surface area contributed by atoms with Gasteiger partial charge < -0.3 is 20.4 Å². The zero-order valence-electron chi connectivity index (χ0n) is 10.3. The Bertz CT molecular complexity index is 367. The zero-order valence-corrected chi connectivity index (χ0v) is 10.3. The number of hydrogen-bond acceptors (Lipinski definition) is 5. The molecule has 1 aromatic carbocycles. The summed E-state index contributed by atoms with van der Waals surface area (Å²) in [5.41, 5.74) is 5.06. The summed E-state index contributed by atoms with van der Waals surface area (Å²) in [7, 11) is 0. The maximum atomic E-state index is 9.40. The predicted octanol–water partition coefficient (Wildman–Crippen LogP) is -0.0352. The lowest BCUT2D eigenvalue weighted by molar-refractivity contribution is 0.0951. The van der Waals surface area contributed by atoms with Crippen LogP contribution >= 0.6 is 0 Å². The van der Waals surface area contributed by atoms with Crippen LogP contribution in [0, 0.1) is 0 Å². The molecule has 0 aliphatic rings. The molecule has 6 nitrogen and oxygen atoms in total. The second-order valence-corrected chi connectivity index (χ2v) is 3.94. The first-order valence-corrected chi connectivity index (χ1v) is 5.77. The highest BCUT2D eigenvalue weighted by Gasteiger charge is 2.13. The van der Waals surface area contributed by atoms with Crippen LogP contribution < -0.4 is 5.43 Å². The van der Waals surface area contributed by atoms with Gasteiger partial charge in [0.2, 0.25) is 0 Å². The lowest BCUT2D eigenvalue weighted by Crippen LogP contribution is -2.38. The molecule has 0 saturated carbocycles. The van der Waals surface area contributed by atoms with Gasteiger partial charge in [0.05, 0.1) is 19.3 Å². The number of benzene rings is 1. The molecular weight excluding hydrogens is 236 g/mol. The molecule has 1 radical (unpaired) electrons. The summed E-state index contributed by atoms with van der Waals surface area (Å²) in [4.78, 5) is 0. The first-order valence-electron chi connectivity index (χ1n) is 5.77. The molecule has 6 heteroatoms. The maximum Gasteiger partial charge on any atom is 0.157 e. The van der Waals surface area contributed by atoms with Crippen LogP contribution in [0.2, 0.25) is 0 Å². The quantitative estimate of drug-likeness (QED) is 0.405. The molecule has 4 N–H and O–H groups in total. The summed E-state index contributed by atoms with van der Waals surface area (Å²) in [6.45, 7) is 2.42. The molecule has 1 atom stereocenters. The van der Waals surface area contributed by atoms with Gasteiger partial charge in [0, 0.05) is 13.1 Å². The molecule has 0 aliphatic heterocycles. The molecule has 0 aromatic heterocycles. The van der Waals surface area contributed by atoms with E-state index in [9.17, 15) is 10.2 Å². The average Bonchev–Trinajstić information content (AvgIpc) is 2.33. The van der Waals surface area contributed by atoms with Crippen LogP contribution in [0.25, 0.3) is 0 Å². The van der Waals surface area contributed by atoms with Crippen LogP contribution in [0.4, 0.5) is 0 Å². The van der Waals surface area contributed by atoms with Gasteiger partial charge in [0.15, 0.2) is 11.5 Å². The Kier molecular flexibility index (Phi) is 5.87. The predicted molar refractivity (Wildman–Crippen MR) is 66.1 cm³/mol. The van der Waals surface area contributed by atoms with Crippen LogP contribution in [0.15, 0.2) is 18.2 Å². The summed E-state index contributed by atoms with van der Waals surface area (Å²) in [6, 6.07) is 4.27. The first kappa shape index (κ1) is 14.7. The number of rotatable bonds is 7. The van der Waals surface area contributed by atoms with Crippen molar-refractivity contribution in [1.29, 1.82) is 0 Å². The Hall–Kier alpha value is -1.34. The monoisotopic (exact) mass is 255 g/mol. The van der Waals surface area contributed by atoms with Crippen LogP contribution in [-0.4, -0.2) is 51.7 Å². The molecule has 0 bridgehead atoms. The van der Waals surface area contributed by atoms with E-state index < -0.39 is 0 Å². The molecule has 0 fully saturated rings. The molecular formula is C12H19N2O4. The molecule has 18 heavy (non-hydrogen) atoms. The second-order valence-electron chi connectivity index (χ2n) is 3.94. The van der Waals surface area contributed by atoms with E-state index in [1.54, 1.807) is 11.1 Å². The first-order chi connectivity index (χ1) is 8.58. The molecule has 1 unspecified atom stereocenters. The molecule has 1 aromatic rings. The third-order valence-electron chi connectivity index (χ3n) is 2.53. The highest BCUT2D eigenvalue weighted by atomic mass is 16.3. The van der Waals surface area contributed by atoms with Crippen molar-refractivity contribution in [3.8, 4) is 11.5 Å². The molecule has 0 saturated heterocycles. The van der Waals surface area contributed by atoms with E-state index in [2.05, 4.69) is 5.43 Å². The van der Waals surface area contributed by atoms with E-state index in [1.165, 1.54) is 12.1 Å². The van der Waals surface area contributed by atoms with Crippen molar-refractivity contribution in [2.45, 2.75) is 13.0 Å². The van der Waals surface area contributed by atoms with E-state index in [4.69, 9.17) is 10.2 Å². The van der Waals surface area contributed by atoms with Crippen molar-refractivity contribution in [3.05, 3.63) is 23.8 Å². The summed E-state index contributed by atoms with van der Waals surface area (Å²) < 4.78 is 0. The third-order valence-corrected chi connectivity index (χ3v) is 2.53. The zero-order chi connectivity index (χ0) is 13.5. The van der Waals surface area contributed by atoms with Gasteiger partial charge in [-0.3, -0.25) is 0 Å². The summed E-state index contributed by atoms with van der Waals surface area (Å²) >= 11 is 0. The van der Waals surface area contributed by atoms with Crippen LogP contribution in [0.1, 0.15) is 18.5 Å². The Morgan fingerprint density at radius 2 is 1.72 bits per heavy atom. The fraction of sp³-hybridized carbons (Fsp3) is 0.500. The van der Waals surface area contributed by atoms with Crippen molar-refractivity contribution in [3.63, 3.8) is 0 Å². The molecule has 0 amide bonds. The number of phenols is 2. The van der Waals surface area contributed by atoms with Crippen LogP contribution in [-0.2, 0) is 0 Å².